The summed E-state index contributed by atoms with van der Waals surface area (Å²) in [6, 6.07) is 5.30. The van der Waals surface area contributed by atoms with E-state index in [2.05, 4.69) is 5.32 Å². The van der Waals surface area contributed by atoms with Gasteiger partial charge in [0.1, 0.15) is 11.4 Å². The Morgan fingerprint density at radius 3 is 2.88 bits per heavy atom. The van der Waals surface area contributed by atoms with E-state index in [0.29, 0.717) is 11.4 Å². The molecule has 0 aliphatic carbocycles. The second-order valence-corrected chi connectivity index (χ2v) is 4.48. The van der Waals surface area contributed by atoms with Gasteiger partial charge in [0.05, 0.1) is 18.9 Å². The van der Waals surface area contributed by atoms with Crippen LogP contribution in [0.15, 0.2) is 18.2 Å². The predicted octanol–water partition coefficient (Wildman–Crippen LogP) is 0.624. The molecule has 2 heterocycles. The topological polar surface area (TPSA) is 67.8 Å². The minimum absolute atomic E-state index is 0.175. The first-order valence-corrected chi connectivity index (χ1v) is 5.51. The van der Waals surface area contributed by atoms with Crippen molar-refractivity contribution in [1.29, 1.82) is 0 Å². The second-order valence-electron chi connectivity index (χ2n) is 4.48. The Morgan fingerprint density at radius 2 is 2.24 bits per heavy atom. The van der Waals surface area contributed by atoms with Gasteiger partial charge in [-0.3, -0.25) is 4.79 Å². The van der Waals surface area contributed by atoms with Gasteiger partial charge in [-0.25, -0.2) is 0 Å². The van der Waals surface area contributed by atoms with Gasteiger partial charge >= 0.3 is 0 Å². The molecule has 17 heavy (non-hydrogen) atoms. The van der Waals surface area contributed by atoms with Crippen LogP contribution >= 0.6 is 0 Å². The molecule has 0 bridgehead atoms. The van der Waals surface area contributed by atoms with Crippen molar-refractivity contribution in [3.05, 3.63) is 23.8 Å². The van der Waals surface area contributed by atoms with Crippen molar-refractivity contribution in [3.63, 3.8) is 0 Å². The van der Waals surface area contributed by atoms with Gasteiger partial charge in [-0.1, -0.05) is 6.07 Å². The SMILES string of the molecule is CC1Oc2ccc(C3(O)COC3)cc2NC1=O. The molecule has 5 heteroatoms. The molecule has 1 unspecified atom stereocenters. The van der Waals surface area contributed by atoms with Gasteiger partial charge in [0, 0.05) is 0 Å². The van der Waals surface area contributed by atoms with Crippen molar-refractivity contribution in [1.82, 2.24) is 0 Å². The zero-order valence-electron chi connectivity index (χ0n) is 9.40. The number of amides is 1. The molecule has 1 atom stereocenters. The van der Waals surface area contributed by atoms with Gasteiger partial charge in [0.25, 0.3) is 5.91 Å². The van der Waals surface area contributed by atoms with E-state index in [1.54, 1.807) is 25.1 Å². The fraction of sp³-hybridized carbons (Fsp3) is 0.417. The maximum Gasteiger partial charge on any atom is 0.265 e. The van der Waals surface area contributed by atoms with Crippen LogP contribution in [0.5, 0.6) is 5.75 Å². The summed E-state index contributed by atoms with van der Waals surface area (Å²) in [5.74, 6) is 0.455. The number of nitrogens with one attached hydrogen (secondary N) is 1. The Bertz CT molecular complexity index is 481. The fourth-order valence-corrected chi connectivity index (χ4v) is 1.96. The molecule has 0 saturated carbocycles. The van der Waals surface area contributed by atoms with Crippen LogP contribution in [0.25, 0.3) is 0 Å². The third kappa shape index (κ3) is 1.59. The lowest BCUT2D eigenvalue weighted by atomic mass is 9.91. The Kier molecular flexibility index (Phi) is 2.14. The summed E-state index contributed by atoms with van der Waals surface area (Å²) in [5.41, 5.74) is 0.412. The maximum atomic E-state index is 11.5. The molecule has 1 aromatic rings. The molecule has 5 nitrogen and oxygen atoms in total. The number of benzene rings is 1. The van der Waals surface area contributed by atoms with Crippen LogP contribution in [-0.2, 0) is 15.1 Å². The number of ether oxygens (including phenoxy) is 2. The molecule has 1 aromatic carbocycles. The van der Waals surface area contributed by atoms with Crippen LogP contribution in [0, 0.1) is 0 Å². The van der Waals surface area contributed by atoms with E-state index in [9.17, 15) is 9.90 Å². The van der Waals surface area contributed by atoms with Gasteiger partial charge in [-0.15, -0.1) is 0 Å². The molecule has 2 aliphatic heterocycles. The molecule has 2 N–H and O–H groups in total. The third-order valence-corrected chi connectivity index (χ3v) is 3.13. The Hall–Kier alpha value is -1.59. The molecular weight excluding hydrogens is 222 g/mol. The van der Waals surface area contributed by atoms with Crippen LogP contribution < -0.4 is 10.1 Å². The van der Waals surface area contributed by atoms with Crippen molar-refractivity contribution in [2.75, 3.05) is 18.5 Å². The van der Waals surface area contributed by atoms with Crippen molar-refractivity contribution in [2.24, 2.45) is 0 Å². The van der Waals surface area contributed by atoms with E-state index < -0.39 is 11.7 Å². The zero-order valence-corrected chi connectivity index (χ0v) is 9.40. The Labute approximate surface area is 98.3 Å². The van der Waals surface area contributed by atoms with Crippen LogP contribution in [0.1, 0.15) is 12.5 Å². The molecule has 2 aliphatic rings. The summed E-state index contributed by atoms with van der Waals surface area (Å²) >= 11 is 0. The minimum atomic E-state index is -0.928. The second kappa shape index (κ2) is 3.45. The average Bonchev–Trinajstić information content (AvgIpc) is 2.27. The van der Waals surface area contributed by atoms with Crippen LogP contribution in [0.2, 0.25) is 0 Å². The Balaban J connectivity index is 1.96. The van der Waals surface area contributed by atoms with E-state index in [0.717, 1.165) is 5.56 Å². The fourth-order valence-electron chi connectivity index (χ4n) is 1.96. The normalized spacial score (nSPS) is 25.3. The maximum absolute atomic E-state index is 11.5. The van der Waals surface area contributed by atoms with Crippen LogP contribution in [0.3, 0.4) is 0 Å². The molecule has 0 spiro atoms. The summed E-state index contributed by atoms with van der Waals surface area (Å²) in [6.07, 6.45) is -0.483. The standard InChI is InChI=1S/C12H13NO4/c1-7-11(14)13-9-4-8(2-3-10(9)17-7)12(15)5-16-6-12/h2-4,7,15H,5-6H2,1H3,(H,13,14). The van der Waals surface area contributed by atoms with Gasteiger partial charge < -0.3 is 19.9 Å². The average molecular weight is 235 g/mol. The van der Waals surface area contributed by atoms with E-state index >= 15 is 0 Å². The zero-order chi connectivity index (χ0) is 12.0. The van der Waals surface area contributed by atoms with Crippen molar-refractivity contribution >= 4 is 11.6 Å². The summed E-state index contributed by atoms with van der Waals surface area (Å²) in [5, 5.41) is 12.9. The molecule has 3 rings (SSSR count). The van der Waals surface area contributed by atoms with E-state index in [-0.39, 0.29) is 19.1 Å². The number of carbonyl (C=O) groups is 1. The highest BCUT2D eigenvalue weighted by atomic mass is 16.5. The number of anilines is 1. The number of hydrogen-bond donors (Lipinski definition) is 2. The smallest absolute Gasteiger partial charge is 0.265 e. The molecule has 1 amide bonds. The number of rotatable bonds is 1. The van der Waals surface area contributed by atoms with Gasteiger partial charge in [-0.2, -0.15) is 0 Å². The van der Waals surface area contributed by atoms with Gasteiger partial charge in [0.15, 0.2) is 6.10 Å². The Morgan fingerprint density at radius 1 is 1.47 bits per heavy atom. The lowest BCUT2D eigenvalue weighted by Crippen LogP contribution is -2.46. The van der Waals surface area contributed by atoms with E-state index in [1.165, 1.54) is 0 Å². The number of carbonyl (C=O) groups excluding carboxylic acids is 1. The van der Waals surface area contributed by atoms with E-state index in [4.69, 9.17) is 9.47 Å². The monoisotopic (exact) mass is 235 g/mol. The molecule has 1 saturated heterocycles. The predicted molar refractivity (Wildman–Crippen MR) is 59.9 cm³/mol. The number of aliphatic hydroxyl groups is 1. The molecule has 1 fully saturated rings. The highest BCUT2D eigenvalue weighted by molar-refractivity contribution is 5.97. The van der Waals surface area contributed by atoms with Gasteiger partial charge in [0.2, 0.25) is 0 Å². The lowest BCUT2D eigenvalue weighted by molar-refractivity contribution is -0.184. The first-order valence-electron chi connectivity index (χ1n) is 5.51. The largest absolute Gasteiger partial charge is 0.479 e. The summed E-state index contributed by atoms with van der Waals surface area (Å²) in [6.45, 7) is 2.27. The third-order valence-electron chi connectivity index (χ3n) is 3.13. The molecular formula is C12H13NO4. The first kappa shape index (κ1) is 10.6. The van der Waals surface area contributed by atoms with Crippen molar-refractivity contribution < 1.29 is 19.4 Å². The van der Waals surface area contributed by atoms with Crippen LogP contribution in [0.4, 0.5) is 5.69 Å². The molecule has 0 aromatic heterocycles. The number of fused-ring (bicyclic) bond motifs is 1. The highest BCUT2D eigenvalue weighted by Crippen LogP contribution is 2.36. The van der Waals surface area contributed by atoms with E-state index in [1.807, 2.05) is 0 Å². The van der Waals surface area contributed by atoms with Crippen LogP contribution in [-0.4, -0.2) is 30.3 Å². The molecule has 0 radical (unpaired) electrons. The summed E-state index contributed by atoms with van der Waals surface area (Å²) in [7, 11) is 0. The lowest BCUT2D eigenvalue weighted by Gasteiger charge is -2.37. The molecule has 90 valence electrons. The minimum Gasteiger partial charge on any atom is -0.479 e. The van der Waals surface area contributed by atoms with Crippen molar-refractivity contribution in [2.45, 2.75) is 18.6 Å². The highest BCUT2D eigenvalue weighted by Gasteiger charge is 2.38. The van der Waals surface area contributed by atoms with Crippen molar-refractivity contribution in [3.8, 4) is 5.75 Å². The quantitative estimate of drug-likeness (QED) is 0.749. The van der Waals surface area contributed by atoms with Gasteiger partial charge in [-0.05, 0) is 24.6 Å². The first-order chi connectivity index (χ1) is 8.08. The summed E-state index contributed by atoms with van der Waals surface area (Å²) < 4.78 is 10.4. The number of hydrogen-bond acceptors (Lipinski definition) is 4. The summed E-state index contributed by atoms with van der Waals surface area (Å²) in [4.78, 5) is 11.5.